The molecule has 0 fully saturated rings. The van der Waals surface area contributed by atoms with E-state index >= 15 is 0 Å². The first-order valence-electron chi connectivity index (χ1n) is 6.97. The Bertz CT molecular complexity index is 603. The summed E-state index contributed by atoms with van der Waals surface area (Å²) in [7, 11) is 0. The first-order chi connectivity index (χ1) is 9.63. The van der Waals surface area contributed by atoms with Crippen LogP contribution in [0.15, 0.2) is 16.8 Å². The van der Waals surface area contributed by atoms with Crippen molar-refractivity contribution in [2.24, 2.45) is 0 Å². The number of hydrogen-bond donors (Lipinski definition) is 1. The van der Waals surface area contributed by atoms with Crippen LogP contribution in [0.5, 0.6) is 0 Å². The second kappa shape index (κ2) is 5.11. The minimum atomic E-state index is -0.291. The number of furan rings is 1. The number of nitrogens with zero attached hydrogens (tertiary/aromatic N) is 3. The van der Waals surface area contributed by atoms with E-state index in [1.807, 2.05) is 19.9 Å². The molecule has 0 aromatic carbocycles. The third-order valence-corrected chi connectivity index (χ3v) is 3.48. The molecule has 2 heterocycles. The molecule has 0 spiro atoms. The van der Waals surface area contributed by atoms with Crippen LogP contribution in [0.4, 0.5) is 5.95 Å². The molecule has 0 unspecified atom stereocenters. The summed E-state index contributed by atoms with van der Waals surface area (Å²) in [5, 5.41) is 6.86. The molecule has 0 saturated carbocycles. The van der Waals surface area contributed by atoms with Crippen LogP contribution in [-0.4, -0.2) is 20.7 Å². The molecule has 0 atom stereocenters. The van der Waals surface area contributed by atoms with Gasteiger partial charge in [-0.2, -0.15) is 0 Å². The molecule has 3 rings (SSSR count). The van der Waals surface area contributed by atoms with Crippen LogP contribution in [0.3, 0.4) is 0 Å². The normalized spacial score (nSPS) is 14.3. The van der Waals surface area contributed by atoms with Crippen molar-refractivity contribution in [3.8, 4) is 0 Å². The van der Waals surface area contributed by atoms with Gasteiger partial charge in [-0.3, -0.25) is 10.1 Å². The lowest BCUT2D eigenvalue weighted by molar-refractivity contribution is 0.0994. The number of aryl methyl sites for hydroxylation is 2. The Labute approximate surface area is 117 Å². The van der Waals surface area contributed by atoms with Crippen molar-refractivity contribution < 1.29 is 9.21 Å². The Morgan fingerprint density at radius 3 is 2.90 bits per heavy atom. The zero-order chi connectivity index (χ0) is 14.1. The maximum absolute atomic E-state index is 12.1. The lowest BCUT2D eigenvalue weighted by Crippen LogP contribution is -2.12. The summed E-state index contributed by atoms with van der Waals surface area (Å²) in [6.45, 7) is 4.00. The van der Waals surface area contributed by atoms with Gasteiger partial charge in [-0.05, 0) is 44.7 Å². The van der Waals surface area contributed by atoms with Crippen molar-refractivity contribution in [3.63, 3.8) is 0 Å². The molecule has 1 aliphatic rings. The summed E-state index contributed by atoms with van der Waals surface area (Å²) >= 11 is 0. The van der Waals surface area contributed by atoms with Crippen molar-refractivity contribution in [3.05, 3.63) is 29.5 Å². The molecule has 0 saturated heterocycles. The molecular formula is C14H18N4O2. The second-order valence-electron chi connectivity index (χ2n) is 5.36. The van der Waals surface area contributed by atoms with E-state index in [2.05, 4.69) is 15.4 Å². The Hall–Kier alpha value is -2.11. The quantitative estimate of drug-likeness (QED) is 0.933. The van der Waals surface area contributed by atoms with Crippen LogP contribution in [0.25, 0.3) is 0 Å². The molecule has 2 aromatic heterocycles. The van der Waals surface area contributed by atoms with E-state index < -0.39 is 0 Å². The Morgan fingerprint density at radius 1 is 1.40 bits per heavy atom. The zero-order valence-corrected chi connectivity index (χ0v) is 11.7. The van der Waals surface area contributed by atoms with E-state index in [1.165, 1.54) is 0 Å². The average Bonchev–Trinajstić information content (AvgIpc) is 3.04. The fraction of sp³-hybridized carbons (Fsp3) is 0.500. The number of nitrogens with one attached hydrogen (secondary N) is 1. The van der Waals surface area contributed by atoms with Crippen LogP contribution < -0.4 is 5.32 Å². The predicted molar refractivity (Wildman–Crippen MR) is 73.7 cm³/mol. The highest BCUT2D eigenvalue weighted by molar-refractivity contribution is 6.01. The van der Waals surface area contributed by atoms with Crippen LogP contribution in [0, 0.1) is 0 Å². The molecule has 1 N–H and O–H groups in total. The minimum absolute atomic E-state index is 0.212. The number of rotatable bonds is 3. The number of hydrogen-bond acceptors (Lipinski definition) is 4. The second-order valence-corrected chi connectivity index (χ2v) is 5.36. The molecule has 2 aromatic rings. The van der Waals surface area contributed by atoms with E-state index in [0.717, 1.165) is 37.0 Å². The monoisotopic (exact) mass is 274 g/mol. The number of carbonyl (C=O) groups excluding carboxylic acids is 1. The molecule has 0 aliphatic heterocycles. The smallest absolute Gasteiger partial charge is 0.293 e. The van der Waals surface area contributed by atoms with Crippen molar-refractivity contribution in [1.29, 1.82) is 0 Å². The number of amides is 1. The third-order valence-electron chi connectivity index (χ3n) is 3.48. The largest absolute Gasteiger partial charge is 0.456 e. The minimum Gasteiger partial charge on any atom is -0.456 e. The molecule has 1 amide bonds. The third kappa shape index (κ3) is 2.45. The van der Waals surface area contributed by atoms with Crippen molar-refractivity contribution in [2.75, 3.05) is 5.32 Å². The molecule has 0 radical (unpaired) electrons. The molecule has 20 heavy (non-hydrogen) atoms. The number of aromatic nitrogens is 3. The molecular weight excluding hydrogens is 256 g/mol. The highest BCUT2D eigenvalue weighted by atomic mass is 16.4. The molecule has 1 aliphatic carbocycles. The maximum Gasteiger partial charge on any atom is 0.293 e. The van der Waals surface area contributed by atoms with Gasteiger partial charge in [-0.25, -0.2) is 9.67 Å². The highest BCUT2D eigenvalue weighted by Crippen LogP contribution is 2.24. The fourth-order valence-corrected chi connectivity index (χ4v) is 2.35. The van der Waals surface area contributed by atoms with Crippen LogP contribution >= 0.6 is 0 Å². The van der Waals surface area contributed by atoms with Crippen LogP contribution in [0.1, 0.15) is 54.6 Å². The number of carbonyl (C=O) groups is 1. The van der Waals surface area contributed by atoms with E-state index in [-0.39, 0.29) is 11.9 Å². The number of fused-ring (bicyclic) bond motifs is 1. The lowest BCUT2D eigenvalue weighted by Gasteiger charge is -2.07. The average molecular weight is 274 g/mol. The first-order valence-corrected chi connectivity index (χ1v) is 6.97. The summed E-state index contributed by atoms with van der Waals surface area (Å²) in [6, 6.07) is 2.05. The van der Waals surface area contributed by atoms with Gasteiger partial charge in [0.25, 0.3) is 5.91 Å². The van der Waals surface area contributed by atoms with E-state index in [0.29, 0.717) is 11.7 Å². The van der Waals surface area contributed by atoms with Crippen molar-refractivity contribution >= 4 is 11.9 Å². The Morgan fingerprint density at radius 2 is 2.20 bits per heavy atom. The van der Waals surface area contributed by atoms with Crippen molar-refractivity contribution in [2.45, 2.75) is 45.6 Å². The van der Waals surface area contributed by atoms with Gasteiger partial charge in [0.05, 0.1) is 0 Å². The summed E-state index contributed by atoms with van der Waals surface area (Å²) in [6.07, 6.45) is 5.80. The van der Waals surface area contributed by atoms with Gasteiger partial charge in [0, 0.05) is 12.5 Å². The molecule has 6 nitrogen and oxygen atoms in total. The van der Waals surface area contributed by atoms with Gasteiger partial charge in [0.15, 0.2) is 5.76 Å². The predicted octanol–water partition coefficient (Wildman–Crippen LogP) is 2.58. The molecule has 0 bridgehead atoms. The van der Waals surface area contributed by atoms with Gasteiger partial charge >= 0.3 is 0 Å². The van der Waals surface area contributed by atoms with E-state index in [9.17, 15) is 4.79 Å². The SMILES string of the molecule is CC(C)n1cnc(NC(=O)c2cc3c(o2)CCCC3)n1. The number of anilines is 1. The van der Waals surface area contributed by atoms with Gasteiger partial charge < -0.3 is 4.42 Å². The fourth-order valence-electron chi connectivity index (χ4n) is 2.35. The standard InChI is InChI=1S/C14H18N4O2/c1-9(2)18-8-15-14(17-18)16-13(19)12-7-10-5-3-4-6-11(10)20-12/h7-9H,3-6H2,1-2H3,(H,16,17,19). The maximum atomic E-state index is 12.1. The lowest BCUT2D eigenvalue weighted by atomic mass is 9.99. The topological polar surface area (TPSA) is 73.0 Å². The van der Waals surface area contributed by atoms with Crippen LogP contribution in [-0.2, 0) is 12.8 Å². The van der Waals surface area contributed by atoms with Gasteiger partial charge in [-0.15, -0.1) is 5.10 Å². The van der Waals surface area contributed by atoms with Gasteiger partial charge in [0.1, 0.15) is 12.1 Å². The molecule has 6 heteroatoms. The van der Waals surface area contributed by atoms with E-state index in [4.69, 9.17) is 4.42 Å². The van der Waals surface area contributed by atoms with Gasteiger partial charge in [-0.1, -0.05) is 0 Å². The Balaban J connectivity index is 1.73. The molecule has 106 valence electrons. The summed E-state index contributed by atoms with van der Waals surface area (Å²) in [5.41, 5.74) is 1.15. The summed E-state index contributed by atoms with van der Waals surface area (Å²) < 4.78 is 7.32. The zero-order valence-electron chi connectivity index (χ0n) is 11.7. The first kappa shape index (κ1) is 12.9. The van der Waals surface area contributed by atoms with E-state index in [1.54, 1.807) is 11.0 Å². The highest BCUT2D eigenvalue weighted by Gasteiger charge is 2.20. The van der Waals surface area contributed by atoms with Crippen molar-refractivity contribution in [1.82, 2.24) is 14.8 Å². The summed E-state index contributed by atoms with van der Waals surface area (Å²) in [4.78, 5) is 16.2. The van der Waals surface area contributed by atoms with Crippen LogP contribution in [0.2, 0.25) is 0 Å². The van der Waals surface area contributed by atoms with Gasteiger partial charge in [0.2, 0.25) is 5.95 Å². The summed E-state index contributed by atoms with van der Waals surface area (Å²) in [5.74, 6) is 1.30. The Kier molecular flexibility index (Phi) is 3.30.